The van der Waals surface area contributed by atoms with E-state index in [-0.39, 0.29) is 11.4 Å². The Hall–Kier alpha value is -2.30. The van der Waals surface area contributed by atoms with Gasteiger partial charge in [0.05, 0.1) is 7.11 Å². The zero-order chi connectivity index (χ0) is 11.4. The summed E-state index contributed by atoms with van der Waals surface area (Å²) in [6.07, 6.45) is 2.91. The summed E-state index contributed by atoms with van der Waals surface area (Å²) in [7, 11) is 1.58. The van der Waals surface area contributed by atoms with Gasteiger partial charge in [-0.1, -0.05) is 0 Å². The zero-order valence-corrected chi connectivity index (χ0v) is 8.64. The summed E-state index contributed by atoms with van der Waals surface area (Å²) in [5.41, 5.74) is -0.363. The minimum absolute atomic E-state index is 0.0210. The molecule has 5 nitrogen and oxygen atoms in total. The number of methoxy groups -OCH3 is 1. The second kappa shape index (κ2) is 4.48. The molecule has 5 heteroatoms. The van der Waals surface area contributed by atoms with Gasteiger partial charge in [-0.2, -0.15) is 0 Å². The van der Waals surface area contributed by atoms with Gasteiger partial charge in [0.25, 0.3) is 5.88 Å². The molecule has 2 rings (SSSR count). The number of rotatable bonds is 3. The summed E-state index contributed by atoms with van der Waals surface area (Å²) < 4.78 is 10.3. The summed E-state index contributed by atoms with van der Waals surface area (Å²) in [5, 5.41) is 0. The summed E-state index contributed by atoms with van der Waals surface area (Å²) in [4.78, 5) is 17.6. The first-order chi connectivity index (χ1) is 7.79. The second-order valence-corrected chi connectivity index (χ2v) is 3.00. The number of hydrogen-bond acceptors (Lipinski definition) is 4. The zero-order valence-electron chi connectivity index (χ0n) is 8.64. The molecule has 1 N–H and O–H groups in total. The van der Waals surface area contributed by atoms with Gasteiger partial charge in [-0.3, -0.25) is 4.79 Å². The normalized spacial score (nSPS) is 9.81. The van der Waals surface area contributed by atoms with E-state index < -0.39 is 0 Å². The first-order valence-electron chi connectivity index (χ1n) is 4.65. The maximum absolute atomic E-state index is 11.3. The van der Waals surface area contributed by atoms with E-state index in [0.29, 0.717) is 5.75 Å². The van der Waals surface area contributed by atoms with Gasteiger partial charge in [0.15, 0.2) is 0 Å². The highest BCUT2D eigenvalue weighted by Crippen LogP contribution is 2.19. The van der Waals surface area contributed by atoms with Crippen molar-refractivity contribution in [3.63, 3.8) is 0 Å². The fourth-order valence-corrected chi connectivity index (χ4v) is 1.17. The lowest BCUT2D eigenvalue weighted by Crippen LogP contribution is -2.09. The van der Waals surface area contributed by atoms with Crippen molar-refractivity contribution in [2.75, 3.05) is 7.11 Å². The van der Waals surface area contributed by atoms with Gasteiger partial charge in [-0.25, -0.2) is 4.98 Å². The molecule has 1 aromatic carbocycles. The van der Waals surface area contributed by atoms with Crippen LogP contribution in [0.3, 0.4) is 0 Å². The van der Waals surface area contributed by atoms with Crippen LogP contribution in [-0.2, 0) is 0 Å². The molecule has 0 aliphatic heterocycles. The SMILES string of the molecule is COc1ccc(Oc2ncc[nH]c2=O)cc1. The first kappa shape index (κ1) is 10.2. The average molecular weight is 218 g/mol. The Balaban J connectivity index is 2.21. The van der Waals surface area contributed by atoms with Gasteiger partial charge in [-0.15, -0.1) is 0 Å². The number of aromatic nitrogens is 2. The number of aromatic amines is 1. The van der Waals surface area contributed by atoms with Crippen LogP contribution in [-0.4, -0.2) is 17.1 Å². The molecule has 1 aromatic heterocycles. The molecule has 82 valence electrons. The monoisotopic (exact) mass is 218 g/mol. The molecule has 0 saturated carbocycles. The predicted molar refractivity (Wildman–Crippen MR) is 57.9 cm³/mol. The van der Waals surface area contributed by atoms with Crippen LogP contribution in [0.1, 0.15) is 0 Å². The third kappa shape index (κ3) is 2.20. The number of benzene rings is 1. The molecule has 0 unspecified atom stereocenters. The molecule has 0 amide bonds. The fourth-order valence-electron chi connectivity index (χ4n) is 1.17. The highest BCUT2D eigenvalue weighted by molar-refractivity contribution is 5.33. The molecule has 0 atom stereocenters. The number of H-pyrrole nitrogens is 1. The molecule has 0 spiro atoms. The minimum atomic E-state index is -0.363. The van der Waals surface area contributed by atoms with Crippen molar-refractivity contribution in [3.8, 4) is 17.4 Å². The van der Waals surface area contributed by atoms with E-state index in [0.717, 1.165) is 5.75 Å². The summed E-state index contributed by atoms with van der Waals surface area (Å²) in [5.74, 6) is 1.28. The van der Waals surface area contributed by atoms with Crippen molar-refractivity contribution in [2.45, 2.75) is 0 Å². The standard InChI is InChI=1S/C11H10N2O3/c1-15-8-2-4-9(5-3-8)16-11-10(14)12-6-7-13-11/h2-7H,1H3,(H,12,14). The van der Waals surface area contributed by atoms with Gasteiger partial charge in [0.1, 0.15) is 11.5 Å². The fraction of sp³-hybridized carbons (Fsp3) is 0.0909. The Bertz CT molecular complexity index is 519. The Kier molecular flexibility index (Phi) is 2.86. The molecule has 0 saturated heterocycles. The quantitative estimate of drug-likeness (QED) is 0.849. The average Bonchev–Trinajstić information content (AvgIpc) is 2.33. The number of hydrogen-bond donors (Lipinski definition) is 1. The topological polar surface area (TPSA) is 64.2 Å². The lowest BCUT2D eigenvalue weighted by Gasteiger charge is -2.04. The van der Waals surface area contributed by atoms with Crippen LogP contribution >= 0.6 is 0 Å². The maximum atomic E-state index is 11.3. The summed E-state index contributed by atoms with van der Waals surface area (Å²) in [6, 6.07) is 6.89. The predicted octanol–water partition coefficient (Wildman–Crippen LogP) is 1.57. The van der Waals surface area contributed by atoms with E-state index in [1.165, 1.54) is 12.4 Å². The van der Waals surface area contributed by atoms with E-state index in [1.54, 1.807) is 31.4 Å². The summed E-state index contributed by atoms with van der Waals surface area (Å²) in [6.45, 7) is 0. The molecule has 16 heavy (non-hydrogen) atoms. The maximum Gasteiger partial charge on any atom is 0.311 e. The number of nitrogens with zero attached hydrogens (tertiary/aromatic N) is 1. The Morgan fingerprint density at radius 2 is 1.88 bits per heavy atom. The van der Waals surface area contributed by atoms with Gasteiger partial charge < -0.3 is 14.5 Å². The van der Waals surface area contributed by atoms with Crippen molar-refractivity contribution in [3.05, 3.63) is 47.0 Å². The Morgan fingerprint density at radius 3 is 2.50 bits per heavy atom. The third-order valence-electron chi connectivity index (χ3n) is 1.95. The van der Waals surface area contributed by atoms with E-state index in [1.807, 2.05) is 0 Å². The Morgan fingerprint density at radius 1 is 1.19 bits per heavy atom. The van der Waals surface area contributed by atoms with Gasteiger partial charge in [0.2, 0.25) is 0 Å². The van der Waals surface area contributed by atoms with Crippen LogP contribution in [0.5, 0.6) is 17.4 Å². The third-order valence-corrected chi connectivity index (χ3v) is 1.95. The van der Waals surface area contributed by atoms with E-state index in [4.69, 9.17) is 9.47 Å². The molecule has 0 aliphatic carbocycles. The largest absolute Gasteiger partial charge is 0.497 e. The van der Waals surface area contributed by atoms with Crippen LogP contribution in [0.15, 0.2) is 41.5 Å². The van der Waals surface area contributed by atoms with Crippen molar-refractivity contribution in [2.24, 2.45) is 0 Å². The molecular weight excluding hydrogens is 208 g/mol. The molecular formula is C11H10N2O3. The highest BCUT2D eigenvalue weighted by Gasteiger charge is 2.02. The molecule has 0 aliphatic rings. The Labute approximate surface area is 91.7 Å². The van der Waals surface area contributed by atoms with Gasteiger partial charge in [0, 0.05) is 12.4 Å². The van der Waals surface area contributed by atoms with Crippen LogP contribution in [0.2, 0.25) is 0 Å². The van der Waals surface area contributed by atoms with E-state index >= 15 is 0 Å². The van der Waals surface area contributed by atoms with Crippen molar-refractivity contribution >= 4 is 0 Å². The van der Waals surface area contributed by atoms with Crippen LogP contribution in [0, 0.1) is 0 Å². The highest BCUT2D eigenvalue weighted by atomic mass is 16.5. The van der Waals surface area contributed by atoms with Gasteiger partial charge >= 0.3 is 5.56 Å². The minimum Gasteiger partial charge on any atom is -0.497 e. The smallest absolute Gasteiger partial charge is 0.311 e. The molecule has 0 fully saturated rings. The molecule has 0 bridgehead atoms. The van der Waals surface area contributed by atoms with Crippen molar-refractivity contribution in [1.29, 1.82) is 0 Å². The second-order valence-electron chi connectivity index (χ2n) is 3.00. The van der Waals surface area contributed by atoms with Crippen LogP contribution < -0.4 is 15.0 Å². The lowest BCUT2D eigenvalue weighted by molar-refractivity contribution is 0.411. The first-order valence-corrected chi connectivity index (χ1v) is 4.65. The van der Waals surface area contributed by atoms with Gasteiger partial charge in [-0.05, 0) is 24.3 Å². The lowest BCUT2D eigenvalue weighted by atomic mass is 10.3. The van der Waals surface area contributed by atoms with Crippen molar-refractivity contribution in [1.82, 2.24) is 9.97 Å². The van der Waals surface area contributed by atoms with E-state index in [9.17, 15) is 4.79 Å². The molecule has 2 aromatic rings. The number of ether oxygens (including phenoxy) is 2. The van der Waals surface area contributed by atoms with Crippen molar-refractivity contribution < 1.29 is 9.47 Å². The molecule has 0 radical (unpaired) electrons. The molecule has 1 heterocycles. The van der Waals surface area contributed by atoms with Crippen LogP contribution in [0.4, 0.5) is 0 Å². The number of nitrogens with one attached hydrogen (secondary N) is 1. The van der Waals surface area contributed by atoms with E-state index in [2.05, 4.69) is 9.97 Å². The summed E-state index contributed by atoms with van der Waals surface area (Å²) >= 11 is 0. The van der Waals surface area contributed by atoms with Crippen LogP contribution in [0.25, 0.3) is 0 Å².